The number of methoxy groups -OCH3 is 1. The number of carbonyl (C=O) groups is 1. The van der Waals surface area contributed by atoms with Crippen LogP contribution in [0, 0.1) is 5.92 Å². The van der Waals surface area contributed by atoms with E-state index in [-0.39, 0.29) is 12.0 Å². The third-order valence-electron chi connectivity index (χ3n) is 5.95. The maximum absolute atomic E-state index is 12.9. The van der Waals surface area contributed by atoms with E-state index in [1.165, 1.54) is 26.1 Å². The summed E-state index contributed by atoms with van der Waals surface area (Å²) in [5.41, 5.74) is 0.593. The molecule has 166 valence electrons. The molecular formula is C23H25F3N2O3. The lowest BCUT2D eigenvalue weighted by Crippen LogP contribution is -2.34. The van der Waals surface area contributed by atoms with Gasteiger partial charge in [0.25, 0.3) is 0 Å². The smallest absolute Gasteiger partial charge is 0.416 e. The monoisotopic (exact) mass is 434 g/mol. The van der Waals surface area contributed by atoms with Gasteiger partial charge in [0.2, 0.25) is 0 Å². The Bertz CT molecular complexity index is 896. The SMILES string of the molecule is COC(=O)c1ccc(N2CC(c3ccc(C(F)(F)F)cc3)C[C@H]2COCC2CC2)nc1. The molecule has 0 N–H and O–H groups in total. The number of alkyl halides is 3. The summed E-state index contributed by atoms with van der Waals surface area (Å²) in [6, 6.07) is 8.90. The molecule has 0 radical (unpaired) electrons. The van der Waals surface area contributed by atoms with Crippen molar-refractivity contribution in [2.24, 2.45) is 5.92 Å². The summed E-state index contributed by atoms with van der Waals surface area (Å²) < 4.78 is 49.4. The van der Waals surface area contributed by atoms with Crippen LogP contribution >= 0.6 is 0 Å². The maximum atomic E-state index is 12.9. The van der Waals surface area contributed by atoms with Crippen LogP contribution in [-0.4, -0.2) is 43.9 Å². The van der Waals surface area contributed by atoms with Gasteiger partial charge in [0.15, 0.2) is 0 Å². The zero-order chi connectivity index (χ0) is 22.0. The normalized spacial score (nSPS) is 21.4. The minimum atomic E-state index is -4.34. The Morgan fingerprint density at radius 3 is 2.45 bits per heavy atom. The second-order valence-corrected chi connectivity index (χ2v) is 8.24. The molecule has 1 saturated carbocycles. The molecule has 1 saturated heterocycles. The number of hydrogen-bond donors (Lipinski definition) is 0. The van der Waals surface area contributed by atoms with E-state index in [2.05, 4.69) is 9.88 Å². The van der Waals surface area contributed by atoms with E-state index in [1.54, 1.807) is 24.3 Å². The Labute approximate surface area is 179 Å². The van der Waals surface area contributed by atoms with Crippen LogP contribution in [0.25, 0.3) is 0 Å². The lowest BCUT2D eigenvalue weighted by atomic mass is 9.95. The number of halogens is 3. The van der Waals surface area contributed by atoms with Crippen LogP contribution in [0.1, 0.15) is 46.7 Å². The fourth-order valence-corrected chi connectivity index (χ4v) is 3.99. The first kappa shape index (κ1) is 21.6. The van der Waals surface area contributed by atoms with Gasteiger partial charge in [-0.3, -0.25) is 0 Å². The van der Waals surface area contributed by atoms with E-state index in [4.69, 9.17) is 9.47 Å². The summed E-state index contributed by atoms with van der Waals surface area (Å²) in [4.78, 5) is 18.2. The van der Waals surface area contributed by atoms with Crippen LogP contribution in [0.2, 0.25) is 0 Å². The van der Waals surface area contributed by atoms with E-state index >= 15 is 0 Å². The molecule has 0 bridgehead atoms. The average molecular weight is 434 g/mol. The molecule has 4 rings (SSSR count). The first-order valence-electron chi connectivity index (χ1n) is 10.4. The van der Waals surface area contributed by atoms with E-state index in [0.29, 0.717) is 30.5 Å². The van der Waals surface area contributed by atoms with Crippen LogP contribution in [0.5, 0.6) is 0 Å². The van der Waals surface area contributed by atoms with Gasteiger partial charge in [0.05, 0.1) is 30.9 Å². The van der Waals surface area contributed by atoms with Crippen molar-refractivity contribution in [1.82, 2.24) is 4.98 Å². The number of aromatic nitrogens is 1. The van der Waals surface area contributed by atoms with Gasteiger partial charge in [-0.2, -0.15) is 13.2 Å². The summed E-state index contributed by atoms with van der Waals surface area (Å²) in [6.45, 7) is 1.89. The number of benzene rings is 1. The minimum absolute atomic E-state index is 0.0579. The molecule has 2 atom stereocenters. The predicted molar refractivity (Wildman–Crippen MR) is 109 cm³/mol. The number of anilines is 1. The first-order chi connectivity index (χ1) is 14.8. The molecule has 1 aromatic carbocycles. The molecule has 2 heterocycles. The zero-order valence-corrected chi connectivity index (χ0v) is 17.3. The number of ether oxygens (including phenoxy) is 2. The van der Waals surface area contributed by atoms with Crippen molar-refractivity contribution >= 4 is 11.8 Å². The molecule has 5 nitrogen and oxygen atoms in total. The highest BCUT2D eigenvalue weighted by molar-refractivity contribution is 5.89. The molecule has 0 amide bonds. The molecule has 1 aromatic heterocycles. The highest BCUT2D eigenvalue weighted by atomic mass is 19.4. The Kier molecular flexibility index (Phi) is 6.18. The summed E-state index contributed by atoms with van der Waals surface area (Å²) >= 11 is 0. The third-order valence-corrected chi connectivity index (χ3v) is 5.95. The van der Waals surface area contributed by atoms with Gasteiger partial charge >= 0.3 is 12.1 Å². The zero-order valence-electron chi connectivity index (χ0n) is 17.3. The van der Waals surface area contributed by atoms with Crippen molar-refractivity contribution in [3.63, 3.8) is 0 Å². The van der Waals surface area contributed by atoms with Crippen molar-refractivity contribution in [3.05, 3.63) is 59.3 Å². The average Bonchev–Trinajstić information content (AvgIpc) is 3.50. The lowest BCUT2D eigenvalue weighted by molar-refractivity contribution is -0.137. The quantitative estimate of drug-likeness (QED) is 0.593. The fourth-order valence-electron chi connectivity index (χ4n) is 3.99. The third kappa shape index (κ3) is 5.18. The molecule has 2 fully saturated rings. The number of pyridine rings is 1. The van der Waals surface area contributed by atoms with Crippen molar-refractivity contribution < 1.29 is 27.4 Å². The molecule has 1 unspecified atom stereocenters. The molecular weight excluding hydrogens is 409 g/mol. The summed E-state index contributed by atoms with van der Waals surface area (Å²) in [7, 11) is 1.32. The standard InChI is InChI=1S/C23H25F3N2O3/c1-30-22(29)17-6-9-21(27-11-17)28-12-18(10-20(28)14-31-13-15-2-3-15)16-4-7-19(8-5-16)23(24,25)26/h4-9,11,15,18,20H,2-3,10,12-14H2,1H3/t18?,20-/m0/s1. The largest absolute Gasteiger partial charge is 0.465 e. The molecule has 31 heavy (non-hydrogen) atoms. The maximum Gasteiger partial charge on any atom is 0.416 e. The van der Waals surface area contributed by atoms with Crippen molar-refractivity contribution in [2.75, 3.05) is 31.8 Å². The van der Waals surface area contributed by atoms with E-state index in [0.717, 1.165) is 30.7 Å². The Morgan fingerprint density at radius 1 is 1.13 bits per heavy atom. The topological polar surface area (TPSA) is 51.7 Å². The highest BCUT2D eigenvalue weighted by Crippen LogP contribution is 2.37. The summed E-state index contributed by atoms with van der Waals surface area (Å²) in [5, 5.41) is 0. The second-order valence-electron chi connectivity index (χ2n) is 8.24. The summed E-state index contributed by atoms with van der Waals surface area (Å²) in [6.07, 6.45) is 0.314. The Morgan fingerprint density at radius 2 is 1.87 bits per heavy atom. The number of nitrogens with zero attached hydrogens (tertiary/aromatic N) is 2. The van der Waals surface area contributed by atoms with Crippen LogP contribution in [-0.2, 0) is 15.7 Å². The van der Waals surface area contributed by atoms with Crippen LogP contribution in [0.4, 0.5) is 19.0 Å². The molecule has 0 spiro atoms. The molecule has 1 aliphatic heterocycles. The first-order valence-corrected chi connectivity index (χ1v) is 10.4. The molecule has 2 aromatic rings. The van der Waals surface area contributed by atoms with Crippen molar-refractivity contribution in [2.45, 2.75) is 37.4 Å². The van der Waals surface area contributed by atoms with Gasteiger partial charge in [-0.15, -0.1) is 0 Å². The van der Waals surface area contributed by atoms with Gasteiger partial charge in [-0.25, -0.2) is 9.78 Å². The number of hydrogen-bond acceptors (Lipinski definition) is 5. The van der Waals surface area contributed by atoms with Crippen molar-refractivity contribution in [3.8, 4) is 0 Å². The second kappa shape index (κ2) is 8.86. The number of rotatable bonds is 7. The predicted octanol–water partition coefficient (Wildman–Crippen LogP) is 4.68. The number of carbonyl (C=O) groups excluding carboxylic acids is 1. The Balaban J connectivity index is 1.50. The van der Waals surface area contributed by atoms with Crippen molar-refractivity contribution in [1.29, 1.82) is 0 Å². The summed E-state index contributed by atoms with van der Waals surface area (Å²) in [5.74, 6) is 0.978. The van der Waals surface area contributed by atoms with Crippen LogP contribution in [0.15, 0.2) is 42.6 Å². The van der Waals surface area contributed by atoms with Gasteiger partial charge in [-0.05, 0) is 55.0 Å². The molecule has 1 aliphatic carbocycles. The molecule has 2 aliphatic rings. The highest BCUT2D eigenvalue weighted by Gasteiger charge is 2.35. The van der Waals surface area contributed by atoms with Crippen LogP contribution < -0.4 is 4.90 Å². The van der Waals surface area contributed by atoms with Gasteiger partial charge < -0.3 is 14.4 Å². The molecule has 8 heteroatoms. The van der Waals surface area contributed by atoms with E-state index in [9.17, 15) is 18.0 Å². The van der Waals surface area contributed by atoms with E-state index in [1.807, 2.05) is 0 Å². The number of esters is 1. The van der Waals surface area contributed by atoms with E-state index < -0.39 is 17.7 Å². The lowest BCUT2D eigenvalue weighted by Gasteiger charge is -2.25. The van der Waals surface area contributed by atoms with Gasteiger partial charge in [0, 0.05) is 25.3 Å². The fraction of sp³-hybridized carbons (Fsp3) is 0.478. The van der Waals surface area contributed by atoms with Crippen LogP contribution in [0.3, 0.4) is 0 Å². The van der Waals surface area contributed by atoms with Gasteiger partial charge in [-0.1, -0.05) is 12.1 Å². The Hall–Kier alpha value is -2.61. The minimum Gasteiger partial charge on any atom is -0.465 e. The van der Waals surface area contributed by atoms with Gasteiger partial charge in [0.1, 0.15) is 5.82 Å².